The smallest absolute Gasteiger partial charge is 0.241 e. The summed E-state index contributed by atoms with van der Waals surface area (Å²) in [6.07, 6.45) is 5.81. The number of carbonyl (C=O) groups is 1. The molecule has 0 saturated heterocycles. The van der Waals surface area contributed by atoms with Gasteiger partial charge in [0, 0.05) is 6.04 Å². The normalized spacial score (nSPS) is 17.8. The molecule has 1 amide bonds. The summed E-state index contributed by atoms with van der Waals surface area (Å²) < 4.78 is 5.09. The number of nitrogens with two attached hydrogens (primary N) is 1. The zero-order valence-corrected chi connectivity index (χ0v) is 11.4. The van der Waals surface area contributed by atoms with Gasteiger partial charge >= 0.3 is 0 Å². The van der Waals surface area contributed by atoms with Crippen molar-refractivity contribution in [1.29, 1.82) is 0 Å². The lowest BCUT2D eigenvalue weighted by molar-refractivity contribution is -0.123. The van der Waals surface area contributed by atoms with Crippen molar-refractivity contribution in [3.8, 4) is 5.75 Å². The minimum atomic E-state index is -0.604. The second kappa shape index (κ2) is 6.57. The van der Waals surface area contributed by atoms with Gasteiger partial charge in [-0.05, 0) is 30.5 Å². The number of rotatable bonds is 4. The Kier molecular flexibility index (Phi) is 4.80. The van der Waals surface area contributed by atoms with E-state index in [-0.39, 0.29) is 5.91 Å². The minimum absolute atomic E-state index is 0.0860. The first-order valence-corrected chi connectivity index (χ1v) is 6.90. The molecule has 4 nitrogen and oxygen atoms in total. The van der Waals surface area contributed by atoms with Crippen molar-refractivity contribution in [3.63, 3.8) is 0 Å². The van der Waals surface area contributed by atoms with E-state index in [9.17, 15) is 4.79 Å². The molecule has 1 unspecified atom stereocenters. The molecule has 1 aliphatic carbocycles. The third-order valence-corrected chi connectivity index (χ3v) is 3.71. The topological polar surface area (TPSA) is 64.3 Å². The van der Waals surface area contributed by atoms with Crippen molar-refractivity contribution >= 4 is 5.91 Å². The molecule has 0 bridgehead atoms. The number of methoxy groups -OCH3 is 1. The Bertz CT molecular complexity index is 411. The van der Waals surface area contributed by atoms with Crippen LogP contribution in [0, 0.1) is 0 Å². The molecular weight excluding hydrogens is 240 g/mol. The van der Waals surface area contributed by atoms with Crippen LogP contribution in [0.2, 0.25) is 0 Å². The van der Waals surface area contributed by atoms with Gasteiger partial charge in [0.05, 0.1) is 7.11 Å². The van der Waals surface area contributed by atoms with Crippen LogP contribution in [0.5, 0.6) is 5.75 Å². The molecular formula is C15H22N2O2. The fraction of sp³-hybridized carbons (Fsp3) is 0.533. The summed E-state index contributed by atoms with van der Waals surface area (Å²) in [5.74, 6) is 0.681. The largest absolute Gasteiger partial charge is 0.497 e. The van der Waals surface area contributed by atoms with Gasteiger partial charge in [-0.1, -0.05) is 31.4 Å². The van der Waals surface area contributed by atoms with Crippen LogP contribution in [0.3, 0.4) is 0 Å². The first-order valence-electron chi connectivity index (χ1n) is 6.90. The quantitative estimate of drug-likeness (QED) is 0.873. The Balaban J connectivity index is 1.93. The summed E-state index contributed by atoms with van der Waals surface area (Å²) in [4.78, 5) is 12.1. The van der Waals surface area contributed by atoms with Gasteiger partial charge in [0.25, 0.3) is 0 Å². The fourth-order valence-corrected chi connectivity index (χ4v) is 2.50. The first kappa shape index (κ1) is 13.9. The zero-order valence-electron chi connectivity index (χ0n) is 11.4. The maximum Gasteiger partial charge on any atom is 0.241 e. The second-order valence-electron chi connectivity index (χ2n) is 5.09. The Morgan fingerprint density at radius 2 is 1.89 bits per heavy atom. The van der Waals surface area contributed by atoms with Crippen LogP contribution in [0.15, 0.2) is 24.3 Å². The molecule has 0 aromatic heterocycles. The molecule has 1 fully saturated rings. The highest BCUT2D eigenvalue weighted by atomic mass is 16.5. The van der Waals surface area contributed by atoms with Crippen LogP contribution in [0.1, 0.15) is 43.7 Å². The zero-order chi connectivity index (χ0) is 13.7. The van der Waals surface area contributed by atoms with Gasteiger partial charge in [-0.2, -0.15) is 0 Å². The lowest BCUT2D eigenvalue weighted by Crippen LogP contribution is -2.41. The number of carbonyl (C=O) groups excluding carboxylic acids is 1. The first-order chi connectivity index (χ1) is 9.20. The van der Waals surface area contributed by atoms with Crippen molar-refractivity contribution in [2.45, 2.75) is 44.2 Å². The van der Waals surface area contributed by atoms with Gasteiger partial charge in [0.15, 0.2) is 0 Å². The van der Waals surface area contributed by atoms with Crippen molar-refractivity contribution in [2.75, 3.05) is 7.11 Å². The van der Waals surface area contributed by atoms with E-state index in [2.05, 4.69) is 5.32 Å². The van der Waals surface area contributed by atoms with Gasteiger partial charge in [-0.25, -0.2) is 0 Å². The third kappa shape index (κ3) is 3.70. The molecule has 19 heavy (non-hydrogen) atoms. The van der Waals surface area contributed by atoms with E-state index in [1.165, 1.54) is 19.3 Å². The van der Waals surface area contributed by atoms with E-state index in [0.717, 1.165) is 24.2 Å². The fourth-order valence-electron chi connectivity index (χ4n) is 2.50. The second-order valence-corrected chi connectivity index (χ2v) is 5.09. The molecule has 4 heteroatoms. The summed E-state index contributed by atoms with van der Waals surface area (Å²) in [7, 11) is 1.62. The van der Waals surface area contributed by atoms with Crippen molar-refractivity contribution in [1.82, 2.24) is 5.32 Å². The Morgan fingerprint density at radius 1 is 1.26 bits per heavy atom. The van der Waals surface area contributed by atoms with Gasteiger partial charge in [0.1, 0.15) is 11.8 Å². The van der Waals surface area contributed by atoms with E-state index >= 15 is 0 Å². The lowest BCUT2D eigenvalue weighted by atomic mass is 9.95. The van der Waals surface area contributed by atoms with Crippen LogP contribution in [0.4, 0.5) is 0 Å². The van der Waals surface area contributed by atoms with E-state index in [0.29, 0.717) is 6.04 Å². The van der Waals surface area contributed by atoms with Gasteiger partial charge in [-0.15, -0.1) is 0 Å². The van der Waals surface area contributed by atoms with Crippen LogP contribution in [-0.4, -0.2) is 19.1 Å². The van der Waals surface area contributed by atoms with Crippen molar-refractivity contribution in [2.24, 2.45) is 5.73 Å². The van der Waals surface area contributed by atoms with Crippen LogP contribution in [-0.2, 0) is 4.79 Å². The van der Waals surface area contributed by atoms with Crippen molar-refractivity contribution < 1.29 is 9.53 Å². The molecule has 0 heterocycles. The number of ether oxygens (including phenoxy) is 1. The molecule has 3 N–H and O–H groups in total. The SMILES string of the molecule is COc1ccc(C(N)C(=O)NC2CCCCC2)cc1. The molecule has 1 saturated carbocycles. The molecule has 2 rings (SSSR count). The predicted molar refractivity (Wildman–Crippen MR) is 74.9 cm³/mol. The Morgan fingerprint density at radius 3 is 2.47 bits per heavy atom. The highest BCUT2D eigenvalue weighted by Gasteiger charge is 2.20. The van der Waals surface area contributed by atoms with E-state index in [1.54, 1.807) is 7.11 Å². The monoisotopic (exact) mass is 262 g/mol. The van der Waals surface area contributed by atoms with Crippen LogP contribution in [0.25, 0.3) is 0 Å². The van der Waals surface area contributed by atoms with E-state index in [1.807, 2.05) is 24.3 Å². The predicted octanol–water partition coefficient (Wildman–Crippen LogP) is 2.14. The summed E-state index contributed by atoms with van der Waals surface area (Å²) in [6.45, 7) is 0. The van der Waals surface area contributed by atoms with Gasteiger partial charge in [0.2, 0.25) is 5.91 Å². The molecule has 0 radical (unpaired) electrons. The maximum absolute atomic E-state index is 12.1. The Hall–Kier alpha value is -1.55. The van der Waals surface area contributed by atoms with E-state index < -0.39 is 6.04 Å². The lowest BCUT2D eigenvalue weighted by Gasteiger charge is -2.24. The number of hydrogen-bond donors (Lipinski definition) is 2. The van der Waals surface area contributed by atoms with E-state index in [4.69, 9.17) is 10.5 Å². The highest BCUT2D eigenvalue weighted by Crippen LogP contribution is 2.20. The summed E-state index contributed by atoms with van der Waals surface area (Å²) in [5, 5.41) is 3.05. The molecule has 104 valence electrons. The average molecular weight is 262 g/mol. The third-order valence-electron chi connectivity index (χ3n) is 3.71. The molecule has 1 aliphatic rings. The minimum Gasteiger partial charge on any atom is -0.497 e. The molecule has 1 aromatic carbocycles. The van der Waals surface area contributed by atoms with Gasteiger partial charge < -0.3 is 15.8 Å². The van der Waals surface area contributed by atoms with Crippen LogP contribution >= 0.6 is 0 Å². The molecule has 0 spiro atoms. The number of amides is 1. The summed E-state index contributed by atoms with van der Waals surface area (Å²) in [6, 6.07) is 7.01. The van der Waals surface area contributed by atoms with Crippen molar-refractivity contribution in [3.05, 3.63) is 29.8 Å². The maximum atomic E-state index is 12.1. The number of nitrogens with one attached hydrogen (secondary N) is 1. The Labute approximate surface area is 114 Å². The molecule has 0 aliphatic heterocycles. The summed E-state index contributed by atoms with van der Waals surface area (Å²) >= 11 is 0. The van der Waals surface area contributed by atoms with Gasteiger partial charge in [-0.3, -0.25) is 4.79 Å². The molecule has 1 aromatic rings. The average Bonchev–Trinajstić information content (AvgIpc) is 2.47. The molecule has 1 atom stereocenters. The number of hydrogen-bond acceptors (Lipinski definition) is 3. The van der Waals surface area contributed by atoms with Crippen LogP contribution < -0.4 is 15.8 Å². The summed E-state index contributed by atoms with van der Waals surface area (Å²) in [5.41, 5.74) is 6.81. The highest BCUT2D eigenvalue weighted by molar-refractivity contribution is 5.83. The standard InChI is InChI=1S/C15H22N2O2/c1-19-13-9-7-11(8-10-13)14(16)15(18)17-12-5-3-2-4-6-12/h7-10,12,14H,2-6,16H2,1H3,(H,17,18). The number of benzene rings is 1.